The summed E-state index contributed by atoms with van der Waals surface area (Å²) in [5.74, 6) is 2.01. The van der Waals surface area contributed by atoms with Crippen molar-refractivity contribution in [1.29, 1.82) is 0 Å². The first-order valence-corrected chi connectivity index (χ1v) is 10.1. The van der Waals surface area contributed by atoms with Crippen molar-refractivity contribution >= 4 is 29.9 Å². The Morgan fingerprint density at radius 2 is 1.70 bits per heavy atom. The van der Waals surface area contributed by atoms with Crippen molar-refractivity contribution < 1.29 is 14.6 Å². The molecule has 0 amide bonds. The van der Waals surface area contributed by atoms with Crippen LogP contribution in [0.15, 0.2) is 53.5 Å². The van der Waals surface area contributed by atoms with Crippen LogP contribution in [0.3, 0.4) is 0 Å². The first kappa shape index (κ1) is 24.3. The number of nitrogens with zero attached hydrogens (tertiary/aromatic N) is 1. The molecule has 0 heterocycles. The van der Waals surface area contributed by atoms with Crippen LogP contribution in [-0.2, 0) is 5.41 Å². The van der Waals surface area contributed by atoms with E-state index in [1.54, 1.807) is 20.3 Å². The molecule has 0 spiro atoms. The van der Waals surface area contributed by atoms with E-state index >= 15 is 0 Å². The molecule has 2 aromatic rings. The number of hydrogen-bond donors (Lipinski definition) is 3. The Morgan fingerprint density at radius 1 is 1.07 bits per heavy atom. The van der Waals surface area contributed by atoms with Gasteiger partial charge < -0.3 is 25.2 Å². The van der Waals surface area contributed by atoms with Gasteiger partial charge in [-0.3, -0.25) is 4.99 Å². The molecule has 0 aromatic heterocycles. The fourth-order valence-corrected chi connectivity index (χ4v) is 3.39. The van der Waals surface area contributed by atoms with Crippen LogP contribution < -0.4 is 20.1 Å². The lowest BCUT2D eigenvalue weighted by Crippen LogP contribution is -2.40. The number of aliphatic hydroxyl groups is 1. The summed E-state index contributed by atoms with van der Waals surface area (Å²) >= 11 is 0. The maximum Gasteiger partial charge on any atom is 0.191 e. The topological polar surface area (TPSA) is 75.1 Å². The number of guanidine groups is 1. The summed E-state index contributed by atoms with van der Waals surface area (Å²) in [6, 6.07) is 16.0. The van der Waals surface area contributed by atoms with Gasteiger partial charge in [0, 0.05) is 24.6 Å². The minimum absolute atomic E-state index is 0. The predicted molar refractivity (Wildman–Crippen MR) is 131 cm³/mol. The molecule has 2 aromatic carbocycles. The lowest BCUT2D eigenvalue weighted by molar-refractivity contribution is 0.180. The van der Waals surface area contributed by atoms with E-state index in [4.69, 9.17) is 14.5 Å². The first-order valence-electron chi connectivity index (χ1n) is 10.1. The highest BCUT2D eigenvalue weighted by Crippen LogP contribution is 2.48. The summed E-state index contributed by atoms with van der Waals surface area (Å²) < 4.78 is 10.6. The number of aliphatic hydroxyl groups excluding tert-OH is 1. The quantitative estimate of drug-likeness (QED) is 0.265. The summed E-state index contributed by atoms with van der Waals surface area (Å²) in [5, 5.41) is 17.2. The van der Waals surface area contributed by atoms with Crippen molar-refractivity contribution in [1.82, 2.24) is 10.6 Å². The molecule has 1 saturated carbocycles. The zero-order valence-electron chi connectivity index (χ0n) is 17.9. The SMILES string of the molecule is CCNC(=NCC1(c2ccccc2)CC1)NCC(O)c1cc(OC)cc(OC)c1.I. The molecule has 0 saturated heterocycles. The zero-order chi connectivity index (χ0) is 20.7. The minimum Gasteiger partial charge on any atom is -0.497 e. The first-order chi connectivity index (χ1) is 14.1. The van der Waals surface area contributed by atoms with Crippen LogP contribution in [0.1, 0.15) is 37.0 Å². The molecule has 0 bridgehead atoms. The fourth-order valence-electron chi connectivity index (χ4n) is 3.39. The Hall–Kier alpha value is -2.00. The van der Waals surface area contributed by atoms with Crippen LogP contribution in [0.4, 0.5) is 0 Å². The smallest absolute Gasteiger partial charge is 0.191 e. The number of benzene rings is 2. The molecule has 6 nitrogen and oxygen atoms in total. The highest BCUT2D eigenvalue weighted by atomic mass is 127. The number of hydrogen-bond acceptors (Lipinski definition) is 4. The van der Waals surface area contributed by atoms with E-state index in [1.807, 2.05) is 25.1 Å². The Labute approximate surface area is 196 Å². The van der Waals surface area contributed by atoms with Crippen LogP contribution in [-0.4, -0.2) is 44.9 Å². The molecule has 3 N–H and O–H groups in total. The largest absolute Gasteiger partial charge is 0.497 e. The molecule has 1 fully saturated rings. The van der Waals surface area contributed by atoms with Crippen LogP contribution in [0.5, 0.6) is 11.5 Å². The molecular formula is C23H32IN3O3. The third-order valence-corrected chi connectivity index (χ3v) is 5.35. The zero-order valence-corrected chi connectivity index (χ0v) is 20.2. The van der Waals surface area contributed by atoms with Crippen LogP contribution in [0.25, 0.3) is 0 Å². The fraction of sp³-hybridized carbons (Fsp3) is 0.435. The van der Waals surface area contributed by atoms with E-state index in [0.29, 0.717) is 24.0 Å². The van der Waals surface area contributed by atoms with E-state index in [1.165, 1.54) is 5.56 Å². The molecule has 1 aliphatic carbocycles. The van der Waals surface area contributed by atoms with E-state index in [0.717, 1.165) is 31.5 Å². The Morgan fingerprint density at radius 3 is 2.23 bits per heavy atom. The Bertz CT molecular complexity index is 803. The molecule has 1 aliphatic rings. The van der Waals surface area contributed by atoms with Crippen molar-refractivity contribution in [3.05, 3.63) is 59.7 Å². The number of ether oxygens (including phenoxy) is 2. The van der Waals surface area contributed by atoms with Gasteiger partial charge in [0.1, 0.15) is 11.5 Å². The van der Waals surface area contributed by atoms with E-state index in [-0.39, 0.29) is 29.4 Å². The van der Waals surface area contributed by atoms with Gasteiger partial charge in [0.15, 0.2) is 5.96 Å². The summed E-state index contributed by atoms with van der Waals surface area (Å²) in [6.45, 7) is 3.85. The lowest BCUT2D eigenvalue weighted by Gasteiger charge is -2.18. The molecule has 30 heavy (non-hydrogen) atoms. The van der Waals surface area contributed by atoms with Crippen LogP contribution in [0.2, 0.25) is 0 Å². The summed E-state index contributed by atoms with van der Waals surface area (Å²) in [5.41, 5.74) is 2.23. The van der Waals surface area contributed by atoms with Gasteiger partial charge in [0.2, 0.25) is 0 Å². The molecule has 1 atom stereocenters. The van der Waals surface area contributed by atoms with Gasteiger partial charge in [-0.15, -0.1) is 24.0 Å². The maximum absolute atomic E-state index is 10.6. The Balaban J connectivity index is 0.00000320. The van der Waals surface area contributed by atoms with Gasteiger partial charge in [-0.25, -0.2) is 0 Å². The summed E-state index contributed by atoms with van der Waals surface area (Å²) in [7, 11) is 3.19. The second-order valence-electron chi connectivity index (χ2n) is 7.38. The van der Waals surface area contributed by atoms with Gasteiger partial charge in [-0.2, -0.15) is 0 Å². The summed E-state index contributed by atoms with van der Waals surface area (Å²) in [6.07, 6.45) is 1.60. The predicted octanol–water partition coefficient (Wildman–Crippen LogP) is 3.64. The second-order valence-corrected chi connectivity index (χ2v) is 7.38. The van der Waals surface area contributed by atoms with Gasteiger partial charge in [-0.05, 0) is 43.0 Å². The second kappa shape index (κ2) is 11.4. The lowest BCUT2D eigenvalue weighted by atomic mass is 9.96. The van der Waals surface area contributed by atoms with Crippen molar-refractivity contribution in [2.24, 2.45) is 4.99 Å². The normalized spacial score (nSPS) is 15.5. The molecule has 1 unspecified atom stereocenters. The number of rotatable bonds is 9. The third-order valence-electron chi connectivity index (χ3n) is 5.35. The van der Waals surface area contributed by atoms with E-state index in [2.05, 4.69) is 34.9 Å². The number of methoxy groups -OCH3 is 2. The molecule has 0 radical (unpaired) electrons. The van der Waals surface area contributed by atoms with Gasteiger partial charge >= 0.3 is 0 Å². The highest BCUT2D eigenvalue weighted by molar-refractivity contribution is 14.0. The molecular weight excluding hydrogens is 493 g/mol. The Kier molecular flexibility index (Phi) is 9.23. The standard InChI is InChI=1S/C23H31N3O3.HI/c1-4-24-22(26-16-23(10-11-23)18-8-6-5-7-9-18)25-15-21(27)17-12-19(28-2)14-20(13-17)29-3;/h5-9,12-14,21,27H,4,10-11,15-16H2,1-3H3,(H2,24,25,26);1H. The van der Waals surface area contributed by atoms with Crippen molar-refractivity contribution in [2.45, 2.75) is 31.3 Å². The molecule has 0 aliphatic heterocycles. The van der Waals surface area contributed by atoms with Gasteiger partial charge in [0.05, 0.1) is 26.9 Å². The average molecular weight is 525 g/mol. The van der Waals surface area contributed by atoms with Crippen LogP contribution in [0, 0.1) is 0 Å². The van der Waals surface area contributed by atoms with Crippen molar-refractivity contribution in [2.75, 3.05) is 33.9 Å². The van der Waals surface area contributed by atoms with Crippen molar-refractivity contribution in [3.63, 3.8) is 0 Å². The number of aliphatic imine (C=N–C) groups is 1. The average Bonchev–Trinajstić information content (AvgIpc) is 3.56. The van der Waals surface area contributed by atoms with E-state index in [9.17, 15) is 5.11 Å². The summed E-state index contributed by atoms with van der Waals surface area (Å²) in [4.78, 5) is 4.79. The maximum atomic E-state index is 10.6. The monoisotopic (exact) mass is 525 g/mol. The van der Waals surface area contributed by atoms with E-state index < -0.39 is 6.10 Å². The van der Waals surface area contributed by atoms with Gasteiger partial charge in [0.25, 0.3) is 0 Å². The van der Waals surface area contributed by atoms with Crippen LogP contribution >= 0.6 is 24.0 Å². The molecule has 3 rings (SSSR count). The highest BCUT2D eigenvalue weighted by Gasteiger charge is 2.43. The number of nitrogens with one attached hydrogen (secondary N) is 2. The van der Waals surface area contributed by atoms with Crippen molar-refractivity contribution in [3.8, 4) is 11.5 Å². The minimum atomic E-state index is -0.716. The third kappa shape index (κ3) is 6.25. The molecule has 7 heteroatoms. The number of halogens is 1. The van der Waals surface area contributed by atoms with Gasteiger partial charge in [-0.1, -0.05) is 30.3 Å². The molecule has 164 valence electrons.